The van der Waals surface area contributed by atoms with Gasteiger partial charge in [-0.25, -0.2) is 4.39 Å². The smallest absolute Gasteiger partial charge is 0.251 e. The highest BCUT2D eigenvalue weighted by molar-refractivity contribution is 5.86. The van der Waals surface area contributed by atoms with Gasteiger partial charge in [-0.3, -0.25) is 9.59 Å². The van der Waals surface area contributed by atoms with Gasteiger partial charge in [-0.2, -0.15) is 0 Å². The Morgan fingerprint density at radius 2 is 2.04 bits per heavy atom. The number of nitrogens with one attached hydrogen (secondary N) is 1. The highest BCUT2D eigenvalue weighted by atomic mass is 19.1. The van der Waals surface area contributed by atoms with Gasteiger partial charge in [0.05, 0.1) is 6.04 Å². The third kappa shape index (κ3) is 4.52. The molecule has 0 radical (unpaired) electrons. The molecule has 6 nitrogen and oxygen atoms in total. The van der Waals surface area contributed by atoms with Crippen molar-refractivity contribution in [2.75, 3.05) is 40.8 Å². The molecule has 1 heterocycles. The molecule has 2 unspecified atom stereocenters. The number of halogens is 1. The van der Waals surface area contributed by atoms with Crippen LogP contribution in [0.5, 0.6) is 0 Å². The molecule has 1 N–H and O–H groups in total. The molecule has 0 spiro atoms. The molecule has 0 saturated carbocycles. The van der Waals surface area contributed by atoms with Crippen molar-refractivity contribution in [3.8, 4) is 0 Å². The first-order valence-electron chi connectivity index (χ1n) is 7.95. The van der Waals surface area contributed by atoms with Crippen LogP contribution in [0.15, 0.2) is 24.3 Å². The molecular formula is C17H24FN3O3. The molecule has 7 heteroatoms. The van der Waals surface area contributed by atoms with Crippen LogP contribution in [0.1, 0.15) is 18.0 Å². The normalized spacial score (nSPS) is 21.2. The van der Waals surface area contributed by atoms with E-state index in [9.17, 15) is 14.0 Å². The quantitative estimate of drug-likeness (QED) is 0.780. The van der Waals surface area contributed by atoms with Crippen LogP contribution in [0.3, 0.4) is 0 Å². The minimum atomic E-state index is -0.808. The van der Waals surface area contributed by atoms with E-state index < -0.39 is 12.1 Å². The molecule has 1 fully saturated rings. The van der Waals surface area contributed by atoms with E-state index in [1.165, 1.54) is 17.0 Å². The Labute approximate surface area is 141 Å². The maximum absolute atomic E-state index is 13.2. The topological polar surface area (TPSA) is 61.9 Å². The first-order valence-corrected chi connectivity index (χ1v) is 7.95. The highest BCUT2D eigenvalue weighted by Crippen LogP contribution is 2.29. The molecule has 24 heavy (non-hydrogen) atoms. The Balaban J connectivity index is 2.08. The Morgan fingerprint density at radius 1 is 1.38 bits per heavy atom. The zero-order valence-electron chi connectivity index (χ0n) is 14.3. The highest BCUT2D eigenvalue weighted by Gasteiger charge is 2.39. The summed E-state index contributed by atoms with van der Waals surface area (Å²) in [6, 6.07) is 5.21. The monoisotopic (exact) mass is 337 g/mol. The number of carbonyl (C=O) groups is 2. The first kappa shape index (κ1) is 18.4. The van der Waals surface area contributed by atoms with Crippen LogP contribution in [0.4, 0.5) is 4.39 Å². The van der Waals surface area contributed by atoms with Gasteiger partial charge in [0, 0.05) is 13.6 Å². The first-order chi connectivity index (χ1) is 11.4. The van der Waals surface area contributed by atoms with Gasteiger partial charge in [-0.15, -0.1) is 0 Å². The van der Waals surface area contributed by atoms with Gasteiger partial charge in [-0.1, -0.05) is 12.1 Å². The average molecular weight is 337 g/mol. The second-order valence-electron chi connectivity index (χ2n) is 6.18. The Kier molecular flexibility index (Phi) is 6.28. The van der Waals surface area contributed by atoms with Gasteiger partial charge in [0.15, 0.2) is 6.10 Å². The van der Waals surface area contributed by atoms with Crippen LogP contribution in [0.25, 0.3) is 0 Å². The third-order valence-corrected chi connectivity index (χ3v) is 4.04. The van der Waals surface area contributed by atoms with E-state index >= 15 is 0 Å². The lowest BCUT2D eigenvalue weighted by molar-refractivity contribution is -0.162. The summed E-state index contributed by atoms with van der Waals surface area (Å²) in [7, 11) is 5.57. The summed E-state index contributed by atoms with van der Waals surface area (Å²) < 4.78 is 18.6. The van der Waals surface area contributed by atoms with Crippen molar-refractivity contribution in [3.05, 3.63) is 35.6 Å². The van der Waals surface area contributed by atoms with Crippen LogP contribution in [0, 0.1) is 5.82 Å². The number of hydrogen-bond acceptors (Lipinski definition) is 4. The zero-order chi connectivity index (χ0) is 17.7. The molecule has 1 aliphatic rings. The summed E-state index contributed by atoms with van der Waals surface area (Å²) in [5.74, 6) is -0.836. The SMILES string of the molecule is CN(C)CCCNC(=O)C1OCC(=O)N(C)C1c1ccc(F)cc1. The molecule has 1 saturated heterocycles. The third-order valence-electron chi connectivity index (χ3n) is 4.04. The maximum atomic E-state index is 13.2. The van der Waals surface area contributed by atoms with Crippen molar-refractivity contribution in [1.29, 1.82) is 0 Å². The number of likely N-dealkylation sites (N-methyl/N-ethyl adjacent to an activating group) is 1. The molecule has 2 amide bonds. The summed E-state index contributed by atoms with van der Waals surface area (Å²) in [5, 5.41) is 2.85. The van der Waals surface area contributed by atoms with Gasteiger partial charge in [0.2, 0.25) is 5.91 Å². The number of amides is 2. The number of rotatable bonds is 6. The molecule has 1 aromatic rings. The zero-order valence-corrected chi connectivity index (χ0v) is 14.3. The van der Waals surface area contributed by atoms with Crippen molar-refractivity contribution in [3.63, 3.8) is 0 Å². The Morgan fingerprint density at radius 3 is 2.67 bits per heavy atom. The van der Waals surface area contributed by atoms with Crippen molar-refractivity contribution >= 4 is 11.8 Å². The predicted molar refractivity (Wildman–Crippen MR) is 87.8 cm³/mol. The minimum Gasteiger partial charge on any atom is -0.356 e. The number of carbonyl (C=O) groups excluding carboxylic acids is 2. The number of morpholine rings is 1. The van der Waals surface area contributed by atoms with E-state index in [4.69, 9.17) is 4.74 Å². The number of benzene rings is 1. The summed E-state index contributed by atoms with van der Waals surface area (Å²) in [6.07, 6.45) is 0.0130. The second kappa shape index (κ2) is 8.21. The van der Waals surface area contributed by atoms with Gasteiger partial charge in [-0.05, 0) is 44.8 Å². The van der Waals surface area contributed by atoms with Crippen molar-refractivity contribution in [2.45, 2.75) is 18.6 Å². The van der Waals surface area contributed by atoms with Gasteiger partial charge in [0.25, 0.3) is 5.91 Å². The predicted octanol–water partition coefficient (Wildman–Crippen LogP) is 0.792. The lowest BCUT2D eigenvalue weighted by atomic mass is 9.97. The van der Waals surface area contributed by atoms with Gasteiger partial charge in [0.1, 0.15) is 12.4 Å². The lowest BCUT2D eigenvalue weighted by Gasteiger charge is -2.38. The van der Waals surface area contributed by atoms with Gasteiger partial charge >= 0.3 is 0 Å². The Hall–Kier alpha value is -1.99. The van der Waals surface area contributed by atoms with Crippen LogP contribution in [-0.2, 0) is 14.3 Å². The standard InChI is InChI=1S/C17H24FN3O3/c1-20(2)10-4-9-19-17(23)16-15(21(3)14(22)11-24-16)12-5-7-13(18)8-6-12/h5-8,15-16H,4,9-11H2,1-3H3,(H,19,23). The summed E-state index contributed by atoms with van der Waals surface area (Å²) in [5.41, 5.74) is 0.667. The molecule has 132 valence electrons. The fourth-order valence-corrected chi connectivity index (χ4v) is 2.70. The molecule has 2 atom stereocenters. The van der Waals surface area contributed by atoms with Crippen LogP contribution in [-0.4, -0.2) is 68.6 Å². The largest absolute Gasteiger partial charge is 0.356 e. The molecule has 2 rings (SSSR count). The fraction of sp³-hybridized carbons (Fsp3) is 0.529. The summed E-state index contributed by atoms with van der Waals surface area (Å²) in [4.78, 5) is 27.9. The van der Waals surface area contributed by atoms with E-state index in [0.29, 0.717) is 12.1 Å². The summed E-state index contributed by atoms with van der Waals surface area (Å²) >= 11 is 0. The fourth-order valence-electron chi connectivity index (χ4n) is 2.70. The van der Waals surface area contributed by atoms with Crippen molar-refractivity contribution in [1.82, 2.24) is 15.1 Å². The average Bonchev–Trinajstić information content (AvgIpc) is 2.54. The van der Waals surface area contributed by atoms with Gasteiger partial charge < -0.3 is 19.9 Å². The number of hydrogen-bond donors (Lipinski definition) is 1. The second-order valence-corrected chi connectivity index (χ2v) is 6.18. The Bertz CT molecular complexity index is 577. The van der Waals surface area contributed by atoms with E-state index in [0.717, 1.165) is 13.0 Å². The van der Waals surface area contributed by atoms with Crippen LogP contribution in [0.2, 0.25) is 0 Å². The molecule has 0 bridgehead atoms. The maximum Gasteiger partial charge on any atom is 0.251 e. The molecule has 1 aliphatic heterocycles. The number of ether oxygens (including phenoxy) is 1. The minimum absolute atomic E-state index is 0.135. The molecule has 0 aliphatic carbocycles. The molecule has 0 aromatic heterocycles. The summed E-state index contributed by atoms with van der Waals surface area (Å²) in [6.45, 7) is 1.26. The lowest BCUT2D eigenvalue weighted by Crippen LogP contribution is -2.53. The van der Waals surface area contributed by atoms with Crippen LogP contribution < -0.4 is 5.32 Å². The van der Waals surface area contributed by atoms with E-state index in [1.807, 2.05) is 19.0 Å². The van der Waals surface area contributed by atoms with E-state index in [2.05, 4.69) is 5.32 Å². The van der Waals surface area contributed by atoms with E-state index in [1.54, 1.807) is 19.2 Å². The van der Waals surface area contributed by atoms with Crippen molar-refractivity contribution < 1.29 is 18.7 Å². The van der Waals surface area contributed by atoms with Crippen molar-refractivity contribution in [2.24, 2.45) is 0 Å². The van der Waals surface area contributed by atoms with E-state index in [-0.39, 0.29) is 24.2 Å². The number of nitrogens with zero attached hydrogens (tertiary/aromatic N) is 2. The van der Waals surface area contributed by atoms with Crippen LogP contribution >= 0.6 is 0 Å². The molecule has 1 aromatic carbocycles. The molecular weight excluding hydrogens is 313 g/mol.